The van der Waals surface area contributed by atoms with Crippen LogP contribution in [-0.4, -0.2) is 66.1 Å². The Hall–Kier alpha value is -2.67. The molecule has 3 heterocycles. The quantitative estimate of drug-likeness (QED) is 0.491. The Bertz CT molecular complexity index is 1190. The summed E-state index contributed by atoms with van der Waals surface area (Å²) in [5, 5.41) is 12.2. The lowest BCUT2D eigenvalue weighted by molar-refractivity contribution is -0.0831. The van der Waals surface area contributed by atoms with E-state index in [0.717, 1.165) is 58.3 Å². The fraction of sp³-hybridized carbons (Fsp3) is 0.500. The molecule has 0 atom stereocenters. The minimum Gasteiger partial charge on any atom is -0.465 e. The minimum absolute atomic E-state index is 0.303. The molecule has 6 nitrogen and oxygen atoms in total. The number of ether oxygens (including phenoxy) is 2. The number of benzene rings is 2. The lowest BCUT2D eigenvalue weighted by atomic mass is 9.91. The molecular weight excluding hydrogens is 452 g/mol. The van der Waals surface area contributed by atoms with E-state index in [2.05, 4.69) is 40.7 Å². The lowest BCUT2D eigenvalue weighted by Gasteiger charge is -2.40. The van der Waals surface area contributed by atoms with E-state index in [-0.39, 0.29) is 5.97 Å². The van der Waals surface area contributed by atoms with Crippen LogP contribution in [0.1, 0.15) is 52.9 Å². The number of piperidine rings is 1. The number of esters is 1. The second kappa shape index (κ2) is 10.8. The highest BCUT2D eigenvalue weighted by Gasteiger charge is 2.33. The number of hydrogen-bond donors (Lipinski definition) is 1. The Morgan fingerprint density at radius 3 is 2.47 bits per heavy atom. The molecule has 1 aromatic heterocycles. The van der Waals surface area contributed by atoms with Gasteiger partial charge in [-0.2, -0.15) is 0 Å². The van der Waals surface area contributed by atoms with E-state index in [9.17, 15) is 9.90 Å². The number of hydrogen-bond acceptors (Lipinski definition) is 5. The van der Waals surface area contributed by atoms with Gasteiger partial charge >= 0.3 is 5.97 Å². The number of carbonyl (C=O) groups is 1. The summed E-state index contributed by atoms with van der Waals surface area (Å²) >= 11 is 0. The van der Waals surface area contributed by atoms with Crippen molar-refractivity contribution in [2.75, 3.05) is 40.0 Å². The van der Waals surface area contributed by atoms with Gasteiger partial charge in [0, 0.05) is 55.7 Å². The van der Waals surface area contributed by atoms with Crippen LogP contribution in [0.3, 0.4) is 0 Å². The molecular formula is C30H38N2O4. The van der Waals surface area contributed by atoms with E-state index < -0.39 is 5.60 Å². The summed E-state index contributed by atoms with van der Waals surface area (Å²) in [6, 6.07) is 16.5. The standard InChI is InChI=1S/C30H38N2O4/c1-22-27(19-23-7-9-25(10-8-23)29(33)35-2)26-5-3-4-6-28(26)32(22)20-24-11-15-31(16-12-24)21-30(34)13-17-36-18-14-30/h3-10,24,34H,11-21H2,1-2H3. The van der Waals surface area contributed by atoms with Crippen LogP contribution in [0.15, 0.2) is 48.5 Å². The van der Waals surface area contributed by atoms with Gasteiger partial charge in [0.2, 0.25) is 0 Å². The Kier molecular flexibility index (Phi) is 7.47. The number of methoxy groups -OCH3 is 1. The molecule has 2 aliphatic heterocycles. The number of nitrogens with zero attached hydrogens (tertiary/aromatic N) is 2. The average molecular weight is 491 g/mol. The van der Waals surface area contributed by atoms with Crippen LogP contribution in [0.25, 0.3) is 10.9 Å². The number of rotatable bonds is 7. The second-order valence-electron chi connectivity index (χ2n) is 10.6. The van der Waals surface area contributed by atoms with E-state index in [1.54, 1.807) is 0 Å². The van der Waals surface area contributed by atoms with Gasteiger partial charge in [0.1, 0.15) is 0 Å². The van der Waals surface area contributed by atoms with Crippen molar-refractivity contribution in [1.82, 2.24) is 9.47 Å². The second-order valence-corrected chi connectivity index (χ2v) is 10.6. The third-order valence-corrected chi connectivity index (χ3v) is 8.21. The topological polar surface area (TPSA) is 63.9 Å². The van der Waals surface area contributed by atoms with Crippen LogP contribution in [0, 0.1) is 12.8 Å². The first-order chi connectivity index (χ1) is 17.5. The lowest BCUT2D eigenvalue weighted by Crippen LogP contribution is -2.49. The largest absolute Gasteiger partial charge is 0.465 e. The van der Waals surface area contributed by atoms with Gasteiger partial charge in [-0.3, -0.25) is 0 Å². The van der Waals surface area contributed by atoms with Gasteiger partial charge in [0.25, 0.3) is 0 Å². The van der Waals surface area contributed by atoms with Crippen molar-refractivity contribution in [3.05, 3.63) is 70.9 Å². The first-order valence-corrected chi connectivity index (χ1v) is 13.2. The molecule has 1 N–H and O–H groups in total. The highest BCUT2D eigenvalue weighted by Crippen LogP contribution is 2.31. The molecule has 2 saturated heterocycles. The number of carbonyl (C=O) groups excluding carboxylic acids is 1. The molecule has 0 unspecified atom stereocenters. The smallest absolute Gasteiger partial charge is 0.337 e. The third kappa shape index (κ3) is 5.36. The fourth-order valence-corrected chi connectivity index (χ4v) is 5.95. The Morgan fingerprint density at radius 1 is 1.08 bits per heavy atom. The van der Waals surface area contributed by atoms with E-state index in [4.69, 9.17) is 9.47 Å². The third-order valence-electron chi connectivity index (χ3n) is 8.21. The molecule has 0 saturated carbocycles. The van der Waals surface area contributed by atoms with Crippen LogP contribution in [0.5, 0.6) is 0 Å². The summed E-state index contributed by atoms with van der Waals surface area (Å²) in [5.41, 5.74) is 5.17. The zero-order chi connectivity index (χ0) is 25.1. The number of β-amino-alcohol motifs (C(OH)–C–C–N with tert-alkyl or cyclic N) is 1. The maximum Gasteiger partial charge on any atom is 0.337 e. The normalized spacial score (nSPS) is 19.0. The molecule has 192 valence electrons. The van der Waals surface area contributed by atoms with E-state index in [1.807, 2.05) is 24.3 Å². The molecule has 0 bridgehead atoms. The first-order valence-electron chi connectivity index (χ1n) is 13.2. The Balaban J connectivity index is 1.28. The minimum atomic E-state index is -0.581. The van der Waals surface area contributed by atoms with Gasteiger partial charge in [-0.15, -0.1) is 0 Å². The molecule has 0 aliphatic carbocycles. The van der Waals surface area contributed by atoms with Crippen molar-refractivity contribution in [3.63, 3.8) is 0 Å². The van der Waals surface area contributed by atoms with Crippen molar-refractivity contribution in [2.45, 2.75) is 51.2 Å². The first kappa shape index (κ1) is 25.0. The maximum atomic E-state index is 11.8. The molecule has 36 heavy (non-hydrogen) atoms. The average Bonchev–Trinajstić information content (AvgIpc) is 3.16. The number of para-hydroxylation sites is 1. The van der Waals surface area contributed by atoms with Gasteiger partial charge in [0.05, 0.1) is 18.3 Å². The summed E-state index contributed by atoms with van der Waals surface area (Å²) in [6.07, 6.45) is 4.64. The predicted octanol–water partition coefficient (Wildman–Crippen LogP) is 4.58. The molecule has 0 radical (unpaired) electrons. The van der Waals surface area contributed by atoms with Crippen LogP contribution < -0.4 is 0 Å². The van der Waals surface area contributed by atoms with Gasteiger partial charge in [-0.25, -0.2) is 4.79 Å². The Morgan fingerprint density at radius 2 is 1.78 bits per heavy atom. The highest BCUT2D eigenvalue weighted by atomic mass is 16.5. The summed E-state index contributed by atoms with van der Waals surface area (Å²) in [6.45, 7) is 7.48. The molecule has 2 aliphatic rings. The van der Waals surface area contributed by atoms with Crippen LogP contribution in [0.4, 0.5) is 0 Å². The number of fused-ring (bicyclic) bond motifs is 1. The summed E-state index contributed by atoms with van der Waals surface area (Å²) in [5.74, 6) is 0.328. The van der Waals surface area contributed by atoms with Crippen LogP contribution in [0.2, 0.25) is 0 Å². The molecule has 5 rings (SSSR count). The van der Waals surface area contributed by atoms with Crippen molar-refractivity contribution in [3.8, 4) is 0 Å². The van der Waals surface area contributed by atoms with Gasteiger partial charge in [-0.1, -0.05) is 30.3 Å². The fourth-order valence-electron chi connectivity index (χ4n) is 5.95. The molecule has 0 spiro atoms. The monoisotopic (exact) mass is 490 g/mol. The Labute approximate surface area is 213 Å². The molecule has 2 aromatic carbocycles. The number of aliphatic hydroxyl groups is 1. The van der Waals surface area contributed by atoms with E-state index >= 15 is 0 Å². The summed E-state index contributed by atoms with van der Waals surface area (Å²) < 4.78 is 12.8. The zero-order valence-electron chi connectivity index (χ0n) is 21.5. The highest BCUT2D eigenvalue weighted by molar-refractivity contribution is 5.89. The summed E-state index contributed by atoms with van der Waals surface area (Å²) in [4.78, 5) is 14.2. The van der Waals surface area contributed by atoms with Gasteiger partial charge < -0.3 is 24.0 Å². The zero-order valence-corrected chi connectivity index (χ0v) is 21.5. The predicted molar refractivity (Wildman–Crippen MR) is 141 cm³/mol. The molecule has 0 amide bonds. The number of aromatic nitrogens is 1. The SMILES string of the molecule is COC(=O)c1ccc(Cc2c(C)n(CC3CCN(CC4(O)CCOCC4)CC3)c3ccccc23)cc1. The summed E-state index contributed by atoms with van der Waals surface area (Å²) in [7, 11) is 1.41. The molecule has 3 aromatic rings. The van der Waals surface area contributed by atoms with Gasteiger partial charge in [-0.05, 0) is 74.5 Å². The molecule has 2 fully saturated rings. The van der Waals surface area contributed by atoms with Crippen molar-refractivity contribution >= 4 is 16.9 Å². The van der Waals surface area contributed by atoms with Crippen molar-refractivity contribution in [1.29, 1.82) is 0 Å². The van der Waals surface area contributed by atoms with Crippen LogP contribution >= 0.6 is 0 Å². The number of likely N-dealkylation sites (tertiary alicyclic amines) is 1. The molecule has 6 heteroatoms. The van der Waals surface area contributed by atoms with E-state index in [0.29, 0.717) is 24.7 Å². The van der Waals surface area contributed by atoms with Crippen molar-refractivity contribution in [2.24, 2.45) is 5.92 Å². The van der Waals surface area contributed by atoms with E-state index in [1.165, 1.54) is 34.8 Å². The van der Waals surface area contributed by atoms with Crippen LogP contribution in [-0.2, 0) is 22.4 Å². The van der Waals surface area contributed by atoms with Gasteiger partial charge in [0.15, 0.2) is 0 Å². The van der Waals surface area contributed by atoms with Crippen molar-refractivity contribution < 1.29 is 19.4 Å². The maximum absolute atomic E-state index is 11.8.